The Kier molecular flexibility index (Phi) is 23.0. The van der Waals surface area contributed by atoms with Gasteiger partial charge >= 0.3 is 0 Å². The summed E-state index contributed by atoms with van der Waals surface area (Å²) in [4.78, 5) is 0. The van der Waals surface area contributed by atoms with E-state index in [9.17, 15) is 5.11 Å². The summed E-state index contributed by atoms with van der Waals surface area (Å²) in [5, 5.41) is 10.1. The highest BCUT2D eigenvalue weighted by atomic mass is 16.3. The van der Waals surface area contributed by atoms with Crippen LogP contribution in [0.3, 0.4) is 0 Å². The lowest BCUT2D eigenvalue weighted by molar-refractivity contribution is 0.147. The van der Waals surface area contributed by atoms with Gasteiger partial charge in [-0.3, -0.25) is 0 Å². The van der Waals surface area contributed by atoms with Crippen LogP contribution >= 0.6 is 0 Å². The van der Waals surface area contributed by atoms with Gasteiger partial charge in [0.2, 0.25) is 0 Å². The van der Waals surface area contributed by atoms with Crippen LogP contribution in [0.5, 0.6) is 0 Å². The fraction of sp³-hybridized carbons (Fsp3) is 1.00. The molecule has 0 rings (SSSR count). The van der Waals surface area contributed by atoms with E-state index in [1.54, 1.807) is 0 Å². The van der Waals surface area contributed by atoms with E-state index in [2.05, 4.69) is 13.8 Å². The van der Waals surface area contributed by atoms with Crippen molar-refractivity contribution in [3.63, 3.8) is 0 Å². The van der Waals surface area contributed by atoms with Crippen LogP contribution in [-0.4, -0.2) is 11.2 Å². The zero-order chi connectivity index (χ0) is 19.1. The molecule has 0 aliphatic carbocycles. The van der Waals surface area contributed by atoms with Gasteiger partial charge in [-0.1, -0.05) is 142 Å². The average Bonchev–Trinajstić information content (AvgIpc) is 2.64. The second-order valence-corrected chi connectivity index (χ2v) is 8.60. The SMILES string of the molecule is CCCCCCCCCCCCC(O)CCCCCCCCCCCC. The third kappa shape index (κ3) is 22.0. The fourth-order valence-electron chi connectivity index (χ4n) is 3.88. The van der Waals surface area contributed by atoms with Crippen molar-refractivity contribution >= 4 is 0 Å². The molecular formula is C25H52O. The Morgan fingerprint density at radius 2 is 0.615 bits per heavy atom. The van der Waals surface area contributed by atoms with E-state index in [0.29, 0.717) is 0 Å². The Hall–Kier alpha value is -0.0400. The molecule has 0 spiro atoms. The van der Waals surface area contributed by atoms with Gasteiger partial charge in [-0.25, -0.2) is 0 Å². The van der Waals surface area contributed by atoms with E-state index in [1.807, 2.05) is 0 Å². The number of aliphatic hydroxyl groups is 1. The van der Waals surface area contributed by atoms with Crippen molar-refractivity contribution in [2.45, 2.75) is 161 Å². The van der Waals surface area contributed by atoms with Crippen molar-refractivity contribution in [1.82, 2.24) is 0 Å². The highest BCUT2D eigenvalue weighted by Crippen LogP contribution is 2.15. The summed E-state index contributed by atoms with van der Waals surface area (Å²) >= 11 is 0. The molecule has 0 saturated carbocycles. The quantitative estimate of drug-likeness (QED) is 0.189. The first-order chi connectivity index (χ1) is 12.8. The van der Waals surface area contributed by atoms with Crippen LogP contribution < -0.4 is 0 Å². The molecule has 0 aliphatic rings. The van der Waals surface area contributed by atoms with Crippen LogP contribution in [-0.2, 0) is 0 Å². The van der Waals surface area contributed by atoms with E-state index in [1.165, 1.54) is 128 Å². The highest BCUT2D eigenvalue weighted by Gasteiger charge is 2.03. The zero-order valence-corrected chi connectivity index (χ0v) is 18.6. The summed E-state index contributed by atoms with van der Waals surface area (Å²) in [7, 11) is 0. The molecule has 0 unspecified atom stereocenters. The Balaban J connectivity index is 3.12. The van der Waals surface area contributed by atoms with Crippen LogP contribution in [0.15, 0.2) is 0 Å². The molecule has 1 heteroatoms. The molecule has 26 heavy (non-hydrogen) atoms. The smallest absolute Gasteiger partial charge is 0.0540 e. The van der Waals surface area contributed by atoms with E-state index in [0.717, 1.165) is 12.8 Å². The van der Waals surface area contributed by atoms with Crippen molar-refractivity contribution in [3.8, 4) is 0 Å². The molecule has 0 saturated heterocycles. The maximum Gasteiger partial charge on any atom is 0.0540 e. The Morgan fingerprint density at radius 1 is 0.385 bits per heavy atom. The summed E-state index contributed by atoms with van der Waals surface area (Å²) < 4.78 is 0. The lowest BCUT2D eigenvalue weighted by Crippen LogP contribution is -2.05. The van der Waals surface area contributed by atoms with Gasteiger partial charge in [-0.15, -0.1) is 0 Å². The van der Waals surface area contributed by atoms with Gasteiger partial charge in [-0.2, -0.15) is 0 Å². The van der Waals surface area contributed by atoms with Gasteiger partial charge in [0, 0.05) is 0 Å². The maximum atomic E-state index is 10.1. The lowest BCUT2D eigenvalue weighted by atomic mass is 10.0. The summed E-state index contributed by atoms with van der Waals surface area (Å²) in [6.45, 7) is 4.57. The third-order valence-electron chi connectivity index (χ3n) is 5.78. The molecule has 1 N–H and O–H groups in total. The van der Waals surface area contributed by atoms with Crippen LogP contribution in [0.2, 0.25) is 0 Å². The number of aliphatic hydroxyl groups excluding tert-OH is 1. The minimum absolute atomic E-state index is 0.0295. The van der Waals surface area contributed by atoms with Crippen molar-refractivity contribution in [3.05, 3.63) is 0 Å². The largest absolute Gasteiger partial charge is 0.393 e. The van der Waals surface area contributed by atoms with E-state index in [4.69, 9.17) is 0 Å². The molecule has 0 heterocycles. The minimum Gasteiger partial charge on any atom is -0.393 e. The van der Waals surface area contributed by atoms with Crippen molar-refractivity contribution in [2.24, 2.45) is 0 Å². The van der Waals surface area contributed by atoms with Gasteiger partial charge in [0.25, 0.3) is 0 Å². The summed E-state index contributed by atoms with van der Waals surface area (Å²) in [5.41, 5.74) is 0. The summed E-state index contributed by atoms with van der Waals surface area (Å²) in [6.07, 6.45) is 29.7. The maximum absolute atomic E-state index is 10.1. The summed E-state index contributed by atoms with van der Waals surface area (Å²) in [5.74, 6) is 0. The van der Waals surface area contributed by atoms with Gasteiger partial charge in [-0.05, 0) is 12.8 Å². The first kappa shape index (κ1) is 26.0. The van der Waals surface area contributed by atoms with E-state index in [-0.39, 0.29) is 6.10 Å². The molecule has 0 aromatic carbocycles. The predicted molar refractivity (Wildman–Crippen MR) is 119 cm³/mol. The Labute approximate surface area is 166 Å². The molecule has 0 bridgehead atoms. The van der Waals surface area contributed by atoms with Crippen LogP contribution in [0.1, 0.15) is 155 Å². The minimum atomic E-state index is -0.0295. The number of hydrogen-bond donors (Lipinski definition) is 1. The molecule has 0 aromatic heterocycles. The predicted octanol–water partition coefficient (Wildman–Crippen LogP) is 8.97. The molecule has 0 aromatic rings. The van der Waals surface area contributed by atoms with Crippen LogP contribution in [0.25, 0.3) is 0 Å². The average molecular weight is 369 g/mol. The highest BCUT2D eigenvalue weighted by molar-refractivity contribution is 4.58. The first-order valence-corrected chi connectivity index (χ1v) is 12.5. The Bertz CT molecular complexity index is 214. The molecule has 158 valence electrons. The van der Waals surface area contributed by atoms with Gasteiger partial charge in [0.15, 0.2) is 0 Å². The molecule has 0 amide bonds. The van der Waals surface area contributed by atoms with E-state index >= 15 is 0 Å². The molecule has 0 aliphatic heterocycles. The number of unbranched alkanes of at least 4 members (excludes halogenated alkanes) is 18. The zero-order valence-electron chi connectivity index (χ0n) is 18.6. The molecule has 0 radical (unpaired) electrons. The van der Waals surface area contributed by atoms with Crippen LogP contribution in [0, 0.1) is 0 Å². The topological polar surface area (TPSA) is 20.2 Å². The number of hydrogen-bond acceptors (Lipinski definition) is 1. The molecule has 0 fully saturated rings. The lowest BCUT2D eigenvalue weighted by Gasteiger charge is -2.10. The van der Waals surface area contributed by atoms with Crippen molar-refractivity contribution in [2.75, 3.05) is 0 Å². The van der Waals surface area contributed by atoms with Gasteiger partial charge in [0.05, 0.1) is 6.10 Å². The fourth-order valence-corrected chi connectivity index (χ4v) is 3.88. The normalized spacial score (nSPS) is 11.5. The molecular weight excluding hydrogens is 316 g/mol. The second kappa shape index (κ2) is 23.0. The van der Waals surface area contributed by atoms with Gasteiger partial charge in [0.1, 0.15) is 0 Å². The van der Waals surface area contributed by atoms with Crippen LogP contribution in [0.4, 0.5) is 0 Å². The second-order valence-electron chi connectivity index (χ2n) is 8.60. The van der Waals surface area contributed by atoms with Crippen molar-refractivity contribution in [1.29, 1.82) is 0 Å². The first-order valence-electron chi connectivity index (χ1n) is 12.5. The number of rotatable bonds is 22. The van der Waals surface area contributed by atoms with Gasteiger partial charge < -0.3 is 5.11 Å². The van der Waals surface area contributed by atoms with Crippen molar-refractivity contribution < 1.29 is 5.11 Å². The van der Waals surface area contributed by atoms with E-state index < -0.39 is 0 Å². The molecule has 0 atom stereocenters. The third-order valence-corrected chi connectivity index (χ3v) is 5.78. The molecule has 1 nitrogen and oxygen atoms in total. The Morgan fingerprint density at radius 3 is 0.885 bits per heavy atom. The monoisotopic (exact) mass is 368 g/mol. The summed E-state index contributed by atoms with van der Waals surface area (Å²) in [6, 6.07) is 0. The standard InChI is InChI=1S/C25H52O/c1-3-5-7-9-11-13-15-17-19-21-23-25(26)24-22-20-18-16-14-12-10-8-6-4-2/h25-26H,3-24H2,1-2H3.